The molecule has 1 aromatic rings. The second-order valence-electron chi connectivity index (χ2n) is 5.44. The lowest BCUT2D eigenvalue weighted by Gasteiger charge is -2.42. The predicted octanol–water partition coefficient (Wildman–Crippen LogP) is 0.758. The number of aliphatic hydroxyl groups is 1. The average Bonchev–Trinajstić information content (AvgIpc) is 2.34. The first-order valence-corrected chi connectivity index (χ1v) is 6.23. The molecule has 1 aliphatic heterocycles. The highest BCUT2D eigenvalue weighted by Gasteiger charge is 2.37. The molecule has 0 saturated carbocycles. The number of nitrogens with zero attached hydrogens (tertiary/aromatic N) is 1. The number of benzene rings is 1. The molecule has 4 heteroatoms. The number of hydrogen-bond acceptors (Lipinski definition) is 3. The van der Waals surface area contributed by atoms with Crippen LogP contribution in [0.2, 0.25) is 0 Å². The van der Waals surface area contributed by atoms with Crippen molar-refractivity contribution in [1.82, 2.24) is 10.2 Å². The van der Waals surface area contributed by atoms with Gasteiger partial charge in [0.1, 0.15) is 6.04 Å². The van der Waals surface area contributed by atoms with E-state index in [-0.39, 0.29) is 18.1 Å². The van der Waals surface area contributed by atoms with Gasteiger partial charge in [0, 0.05) is 18.6 Å². The smallest absolute Gasteiger partial charge is 0.242 e. The van der Waals surface area contributed by atoms with Crippen LogP contribution in [0.15, 0.2) is 30.3 Å². The zero-order valence-electron chi connectivity index (χ0n) is 10.9. The summed E-state index contributed by atoms with van der Waals surface area (Å²) in [6, 6.07) is 9.43. The molecule has 1 heterocycles. The van der Waals surface area contributed by atoms with Crippen LogP contribution < -0.4 is 5.32 Å². The number of piperazine rings is 1. The van der Waals surface area contributed by atoms with Crippen LogP contribution in [0.25, 0.3) is 0 Å². The van der Waals surface area contributed by atoms with E-state index in [1.54, 1.807) is 0 Å². The fraction of sp³-hybridized carbons (Fsp3) is 0.500. The Balaban J connectivity index is 2.13. The SMILES string of the molecule is CC1(C)CN(Cc2ccccc2)C(=O)C(CO)N1. The summed E-state index contributed by atoms with van der Waals surface area (Å²) in [5, 5.41) is 12.4. The first-order chi connectivity index (χ1) is 8.52. The second kappa shape index (κ2) is 5.08. The van der Waals surface area contributed by atoms with Crippen molar-refractivity contribution in [2.24, 2.45) is 0 Å². The summed E-state index contributed by atoms with van der Waals surface area (Å²) < 4.78 is 0. The number of hydrogen-bond donors (Lipinski definition) is 2. The Morgan fingerprint density at radius 2 is 2.06 bits per heavy atom. The summed E-state index contributed by atoms with van der Waals surface area (Å²) in [5.41, 5.74) is 0.941. The molecular formula is C14H20N2O2. The summed E-state index contributed by atoms with van der Waals surface area (Å²) in [5.74, 6) is -0.0271. The molecule has 1 aliphatic rings. The van der Waals surface area contributed by atoms with Gasteiger partial charge in [-0.2, -0.15) is 0 Å². The lowest BCUT2D eigenvalue weighted by molar-refractivity contribution is -0.140. The topological polar surface area (TPSA) is 52.6 Å². The molecular weight excluding hydrogens is 228 g/mol. The van der Waals surface area contributed by atoms with Crippen molar-refractivity contribution in [1.29, 1.82) is 0 Å². The highest BCUT2D eigenvalue weighted by atomic mass is 16.3. The minimum Gasteiger partial charge on any atom is -0.394 e. The Bertz CT molecular complexity index is 417. The van der Waals surface area contributed by atoms with Gasteiger partial charge in [-0.15, -0.1) is 0 Å². The number of carbonyl (C=O) groups is 1. The summed E-state index contributed by atoms with van der Waals surface area (Å²) in [7, 11) is 0. The van der Waals surface area contributed by atoms with Crippen molar-refractivity contribution in [3.63, 3.8) is 0 Å². The van der Waals surface area contributed by atoms with Crippen LogP contribution in [-0.4, -0.2) is 40.6 Å². The predicted molar refractivity (Wildman–Crippen MR) is 69.9 cm³/mol. The lowest BCUT2D eigenvalue weighted by atomic mass is 9.97. The molecule has 1 saturated heterocycles. The average molecular weight is 248 g/mol. The van der Waals surface area contributed by atoms with Gasteiger partial charge in [-0.05, 0) is 19.4 Å². The second-order valence-corrected chi connectivity index (χ2v) is 5.44. The molecule has 1 amide bonds. The first-order valence-electron chi connectivity index (χ1n) is 6.23. The van der Waals surface area contributed by atoms with Gasteiger partial charge < -0.3 is 10.0 Å². The van der Waals surface area contributed by atoms with E-state index in [0.717, 1.165) is 5.56 Å². The maximum Gasteiger partial charge on any atom is 0.242 e. The summed E-state index contributed by atoms with van der Waals surface area (Å²) in [4.78, 5) is 14.0. The van der Waals surface area contributed by atoms with E-state index in [9.17, 15) is 9.90 Å². The fourth-order valence-corrected chi connectivity index (χ4v) is 2.42. The largest absolute Gasteiger partial charge is 0.394 e. The van der Waals surface area contributed by atoms with E-state index in [1.165, 1.54) is 0 Å². The van der Waals surface area contributed by atoms with Gasteiger partial charge >= 0.3 is 0 Å². The van der Waals surface area contributed by atoms with Gasteiger partial charge in [0.25, 0.3) is 0 Å². The van der Waals surface area contributed by atoms with Crippen molar-refractivity contribution in [3.8, 4) is 0 Å². The molecule has 1 unspecified atom stereocenters. The number of carbonyl (C=O) groups excluding carboxylic acids is 1. The maximum atomic E-state index is 12.2. The third kappa shape index (κ3) is 2.89. The van der Waals surface area contributed by atoms with Gasteiger partial charge in [0.05, 0.1) is 6.61 Å². The standard InChI is InChI=1S/C14H20N2O2/c1-14(2)10-16(13(18)12(9-17)15-14)8-11-6-4-3-5-7-11/h3-7,12,15,17H,8-10H2,1-2H3. The number of rotatable bonds is 3. The molecule has 1 atom stereocenters. The summed E-state index contributed by atoms with van der Waals surface area (Å²) in [6.07, 6.45) is 0. The minimum absolute atomic E-state index is 0.0271. The number of aliphatic hydroxyl groups excluding tert-OH is 1. The Hall–Kier alpha value is -1.39. The lowest BCUT2D eigenvalue weighted by Crippen LogP contribution is -2.65. The molecule has 2 rings (SSSR count). The van der Waals surface area contributed by atoms with Crippen LogP contribution in [0.4, 0.5) is 0 Å². The molecule has 1 aromatic carbocycles. The molecule has 0 aromatic heterocycles. The third-order valence-corrected chi connectivity index (χ3v) is 3.16. The van der Waals surface area contributed by atoms with E-state index in [0.29, 0.717) is 13.1 Å². The van der Waals surface area contributed by atoms with Crippen LogP contribution >= 0.6 is 0 Å². The van der Waals surface area contributed by atoms with Crippen LogP contribution in [0.3, 0.4) is 0 Å². The van der Waals surface area contributed by atoms with E-state index in [2.05, 4.69) is 5.32 Å². The van der Waals surface area contributed by atoms with E-state index >= 15 is 0 Å². The van der Waals surface area contributed by atoms with Gasteiger partial charge in [-0.25, -0.2) is 0 Å². The van der Waals surface area contributed by atoms with Crippen LogP contribution in [0.5, 0.6) is 0 Å². The molecule has 0 spiro atoms. The summed E-state index contributed by atoms with van der Waals surface area (Å²) >= 11 is 0. The fourth-order valence-electron chi connectivity index (χ4n) is 2.42. The molecule has 0 aliphatic carbocycles. The van der Waals surface area contributed by atoms with Gasteiger partial charge in [-0.1, -0.05) is 30.3 Å². The molecule has 18 heavy (non-hydrogen) atoms. The highest BCUT2D eigenvalue weighted by Crippen LogP contribution is 2.17. The zero-order valence-corrected chi connectivity index (χ0v) is 10.9. The Labute approximate surface area is 108 Å². The van der Waals surface area contributed by atoms with Crippen LogP contribution in [0.1, 0.15) is 19.4 Å². The molecule has 2 N–H and O–H groups in total. The highest BCUT2D eigenvalue weighted by molar-refractivity contribution is 5.83. The van der Waals surface area contributed by atoms with Gasteiger partial charge in [0.15, 0.2) is 0 Å². The molecule has 0 bridgehead atoms. The molecule has 98 valence electrons. The van der Waals surface area contributed by atoms with Gasteiger partial charge in [0.2, 0.25) is 5.91 Å². The van der Waals surface area contributed by atoms with E-state index < -0.39 is 6.04 Å². The van der Waals surface area contributed by atoms with Gasteiger partial charge in [-0.3, -0.25) is 10.1 Å². The van der Waals surface area contributed by atoms with Crippen LogP contribution in [-0.2, 0) is 11.3 Å². The van der Waals surface area contributed by atoms with Crippen molar-refractivity contribution in [2.75, 3.05) is 13.2 Å². The first kappa shape index (κ1) is 13.1. The Morgan fingerprint density at radius 1 is 1.39 bits per heavy atom. The minimum atomic E-state index is -0.488. The van der Waals surface area contributed by atoms with Crippen molar-refractivity contribution < 1.29 is 9.90 Å². The molecule has 1 fully saturated rings. The number of nitrogens with one attached hydrogen (secondary N) is 1. The third-order valence-electron chi connectivity index (χ3n) is 3.16. The molecule has 0 radical (unpaired) electrons. The summed E-state index contributed by atoms with van der Waals surface area (Å²) in [6.45, 7) is 5.17. The van der Waals surface area contributed by atoms with Crippen molar-refractivity contribution >= 4 is 5.91 Å². The Morgan fingerprint density at radius 3 is 2.67 bits per heavy atom. The monoisotopic (exact) mass is 248 g/mol. The zero-order chi connectivity index (χ0) is 13.2. The van der Waals surface area contributed by atoms with Crippen molar-refractivity contribution in [3.05, 3.63) is 35.9 Å². The number of amides is 1. The maximum absolute atomic E-state index is 12.2. The Kier molecular flexibility index (Phi) is 3.68. The quantitative estimate of drug-likeness (QED) is 0.830. The van der Waals surface area contributed by atoms with Crippen LogP contribution in [0, 0.1) is 0 Å². The van der Waals surface area contributed by atoms with E-state index in [4.69, 9.17) is 0 Å². The van der Waals surface area contributed by atoms with E-state index in [1.807, 2.05) is 49.1 Å². The normalized spacial score (nSPS) is 23.2. The molecule has 4 nitrogen and oxygen atoms in total. The van der Waals surface area contributed by atoms with Crippen molar-refractivity contribution in [2.45, 2.75) is 32.0 Å².